The lowest BCUT2D eigenvalue weighted by Crippen LogP contribution is -2.37. The second-order valence-corrected chi connectivity index (χ2v) is 5.66. The van der Waals surface area contributed by atoms with Gasteiger partial charge >= 0.3 is 6.03 Å². The minimum atomic E-state index is -0.323. The van der Waals surface area contributed by atoms with Crippen molar-refractivity contribution in [2.24, 2.45) is 7.05 Å². The Bertz CT molecular complexity index is 683. The van der Waals surface area contributed by atoms with Crippen LogP contribution in [0.5, 0.6) is 0 Å². The molecule has 2 rings (SSSR count). The van der Waals surface area contributed by atoms with E-state index in [1.807, 2.05) is 32.0 Å². The Balaban J connectivity index is 1.99. The fourth-order valence-electron chi connectivity index (χ4n) is 2.39. The van der Waals surface area contributed by atoms with Crippen LogP contribution >= 0.6 is 0 Å². The second-order valence-electron chi connectivity index (χ2n) is 5.66. The molecular weight excluding hydrogens is 297 g/mol. The van der Waals surface area contributed by atoms with Gasteiger partial charge in [-0.3, -0.25) is 10.00 Å². The molecule has 0 saturated carbocycles. The molecule has 1 atom stereocenters. The van der Waals surface area contributed by atoms with Crippen molar-refractivity contribution in [2.75, 3.05) is 26.0 Å². The summed E-state index contributed by atoms with van der Waals surface area (Å²) in [6.07, 6.45) is 0. The fourth-order valence-corrected chi connectivity index (χ4v) is 2.39. The van der Waals surface area contributed by atoms with E-state index in [4.69, 9.17) is 0 Å². The van der Waals surface area contributed by atoms with Crippen molar-refractivity contribution in [1.29, 1.82) is 0 Å². The normalized spacial score (nSPS) is 12.3. The Hall–Kier alpha value is -2.41. The number of anilines is 1. The zero-order chi connectivity index (χ0) is 17.0. The summed E-state index contributed by atoms with van der Waals surface area (Å²) < 4.78 is 15.0. The molecule has 0 bridgehead atoms. The number of aryl methyl sites for hydroxylation is 2. The Morgan fingerprint density at radius 3 is 2.70 bits per heavy atom. The van der Waals surface area contributed by atoms with E-state index in [1.165, 1.54) is 12.1 Å². The number of urea groups is 1. The van der Waals surface area contributed by atoms with Gasteiger partial charge in [-0.15, -0.1) is 0 Å². The summed E-state index contributed by atoms with van der Waals surface area (Å²) in [6, 6.07) is 7.74. The van der Waals surface area contributed by atoms with Crippen molar-refractivity contribution in [3.63, 3.8) is 0 Å². The van der Waals surface area contributed by atoms with E-state index in [2.05, 4.69) is 15.7 Å². The first kappa shape index (κ1) is 17.0. The number of nitrogens with one attached hydrogen (secondary N) is 2. The highest BCUT2D eigenvalue weighted by molar-refractivity contribution is 5.88. The van der Waals surface area contributed by atoms with Crippen LogP contribution in [0.1, 0.15) is 17.3 Å². The van der Waals surface area contributed by atoms with E-state index in [1.54, 1.807) is 23.9 Å². The van der Waals surface area contributed by atoms with E-state index in [9.17, 15) is 9.18 Å². The molecule has 0 spiro atoms. The zero-order valence-electron chi connectivity index (χ0n) is 13.8. The van der Waals surface area contributed by atoms with Crippen LogP contribution in [0.15, 0.2) is 30.3 Å². The van der Waals surface area contributed by atoms with Gasteiger partial charge in [0.15, 0.2) is 0 Å². The standard InChI is InChI=1S/C16H22FN5O/c1-11-8-15(22(4)20-11)19-16(23)18-10-14(21(2)3)12-6-5-7-13(17)9-12/h5-9,14H,10H2,1-4H3,(H2,18,19,23)/t14-/m1/s1. The van der Waals surface area contributed by atoms with Crippen LogP contribution in [0, 0.1) is 12.7 Å². The summed E-state index contributed by atoms with van der Waals surface area (Å²) >= 11 is 0. The van der Waals surface area contributed by atoms with Gasteiger partial charge in [0, 0.05) is 19.7 Å². The molecule has 7 heteroatoms. The largest absolute Gasteiger partial charge is 0.336 e. The number of nitrogens with zero attached hydrogens (tertiary/aromatic N) is 3. The molecule has 0 aliphatic carbocycles. The van der Waals surface area contributed by atoms with Gasteiger partial charge in [-0.2, -0.15) is 5.10 Å². The van der Waals surface area contributed by atoms with Crippen molar-refractivity contribution in [1.82, 2.24) is 20.0 Å². The Labute approximate surface area is 135 Å². The third-order valence-corrected chi connectivity index (χ3v) is 3.56. The fraction of sp³-hybridized carbons (Fsp3) is 0.375. The highest BCUT2D eigenvalue weighted by atomic mass is 19.1. The topological polar surface area (TPSA) is 62.2 Å². The summed E-state index contributed by atoms with van der Waals surface area (Å²) in [6.45, 7) is 2.22. The molecule has 1 aromatic carbocycles. The third kappa shape index (κ3) is 4.53. The maximum atomic E-state index is 13.4. The number of carbonyl (C=O) groups is 1. The number of benzene rings is 1. The van der Waals surface area contributed by atoms with Crippen molar-refractivity contribution in [3.8, 4) is 0 Å². The highest BCUT2D eigenvalue weighted by Crippen LogP contribution is 2.18. The molecule has 23 heavy (non-hydrogen) atoms. The summed E-state index contributed by atoms with van der Waals surface area (Å²) in [4.78, 5) is 14.0. The summed E-state index contributed by atoms with van der Waals surface area (Å²) in [5.41, 5.74) is 1.64. The van der Waals surface area contributed by atoms with Crippen molar-refractivity contribution in [2.45, 2.75) is 13.0 Å². The molecule has 0 fully saturated rings. The quantitative estimate of drug-likeness (QED) is 0.889. The number of hydrogen-bond donors (Lipinski definition) is 2. The lowest BCUT2D eigenvalue weighted by Gasteiger charge is -2.25. The summed E-state index contributed by atoms with van der Waals surface area (Å²) in [5, 5.41) is 9.73. The van der Waals surface area contributed by atoms with Gasteiger partial charge in [0.1, 0.15) is 11.6 Å². The van der Waals surface area contributed by atoms with E-state index < -0.39 is 0 Å². The monoisotopic (exact) mass is 319 g/mol. The molecule has 1 aromatic heterocycles. The van der Waals surface area contributed by atoms with Crippen LogP contribution in [-0.4, -0.2) is 41.4 Å². The number of rotatable bonds is 5. The minimum Gasteiger partial charge on any atom is -0.336 e. The molecule has 6 nitrogen and oxygen atoms in total. The lowest BCUT2D eigenvalue weighted by atomic mass is 10.1. The molecule has 2 amide bonds. The predicted octanol–water partition coefficient (Wildman–Crippen LogP) is 2.29. The SMILES string of the molecule is Cc1cc(NC(=O)NC[C@H](c2cccc(F)c2)N(C)C)n(C)n1. The van der Waals surface area contributed by atoms with E-state index in [0.29, 0.717) is 12.4 Å². The van der Waals surface area contributed by atoms with Crippen LogP contribution in [0.4, 0.5) is 15.0 Å². The van der Waals surface area contributed by atoms with Gasteiger partial charge in [0.2, 0.25) is 0 Å². The number of carbonyl (C=O) groups excluding carboxylic acids is 1. The van der Waals surface area contributed by atoms with Crippen LogP contribution in [-0.2, 0) is 7.05 Å². The minimum absolute atomic E-state index is 0.121. The van der Waals surface area contributed by atoms with Crippen LogP contribution < -0.4 is 10.6 Å². The summed E-state index contributed by atoms with van der Waals surface area (Å²) in [5.74, 6) is 0.330. The van der Waals surface area contributed by atoms with Gasteiger partial charge in [-0.25, -0.2) is 9.18 Å². The van der Waals surface area contributed by atoms with E-state index in [0.717, 1.165) is 11.3 Å². The first-order valence-corrected chi connectivity index (χ1v) is 7.34. The van der Waals surface area contributed by atoms with Gasteiger partial charge in [0.25, 0.3) is 0 Å². The van der Waals surface area contributed by atoms with Crippen LogP contribution in [0.2, 0.25) is 0 Å². The highest BCUT2D eigenvalue weighted by Gasteiger charge is 2.16. The Morgan fingerprint density at radius 2 is 2.13 bits per heavy atom. The van der Waals surface area contributed by atoms with Gasteiger partial charge in [0.05, 0.1) is 11.7 Å². The number of aromatic nitrogens is 2. The molecule has 2 aromatic rings. The second kappa shape index (κ2) is 7.23. The molecule has 0 aliphatic rings. The summed E-state index contributed by atoms with van der Waals surface area (Å²) in [7, 11) is 5.54. The predicted molar refractivity (Wildman–Crippen MR) is 87.8 cm³/mol. The molecule has 124 valence electrons. The number of hydrogen-bond acceptors (Lipinski definition) is 3. The maximum Gasteiger partial charge on any atom is 0.320 e. The van der Waals surface area contributed by atoms with E-state index >= 15 is 0 Å². The molecule has 0 radical (unpaired) electrons. The maximum absolute atomic E-state index is 13.4. The van der Waals surface area contributed by atoms with E-state index in [-0.39, 0.29) is 17.9 Å². The molecule has 0 unspecified atom stereocenters. The van der Waals surface area contributed by atoms with Gasteiger partial charge < -0.3 is 10.2 Å². The molecule has 0 saturated heterocycles. The smallest absolute Gasteiger partial charge is 0.320 e. The molecule has 2 N–H and O–H groups in total. The number of halogens is 1. The average molecular weight is 319 g/mol. The average Bonchev–Trinajstić information content (AvgIpc) is 2.76. The Kier molecular flexibility index (Phi) is 5.33. The molecule has 0 aliphatic heterocycles. The van der Waals surface area contributed by atoms with Crippen molar-refractivity contribution in [3.05, 3.63) is 47.4 Å². The third-order valence-electron chi connectivity index (χ3n) is 3.56. The van der Waals surface area contributed by atoms with Gasteiger partial charge in [-0.1, -0.05) is 12.1 Å². The van der Waals surface area contributed by atoms with Crippen molar-refractivity contribution < 1.29 is 9.18 Å². The Morgan fingerprint density at radius 1 is 1.39 bits per heavy atom. The molecule has 1 heterocycles. The van der Waals surface area contributed by atoms with Crippen molar-refractivity contribution >= 4 is 11.8 Å². The number of amides is 2. The number of likely N-dealkylation sites (N-methyl/N-ethyl adjacent to an activating group) is 1. The van der Waals surface area contributed by atoms with Crippen LogP contribution in [0.3, 0.4) is 0 Å². The van der Waals surface area contributed by atoms with Crippen LogP contribution in [0.25, 0.3) is 0 Å². The first-order chi connectivity index (χ1) is 10.9. The first-order valence-electron chi connectivity index (χ1n) is 7.34. The lowest BCUT2D eigenvalue weighted by molar-refractivity contribution is 0.243. The molecular formula is C16H22FN5O. The van der Waals surface area contributed by atoms with Gasteiger partial charge in [-0.05, 0) is 38.7 Å². The zero-order valence-corrected chi connectivity index (χ0v) is 13.8.